The van der Waals surface area contributed by atoms with E-state index in [-0.39, 0.29) is 5.97 Å². The highest BCUT2D eigenvalue weighted by Crippen LogP contribution is 2.31. The Morgan fingerprint density at radius 3 is 2.40 bits per heavy atom. The summed E-state index contributed by atoms with van der Waals surface area (Å²) in [6, 6.07) is 5.55. The molecular formula is C15H21BrClNO2. The monoisotopic (exact) mass is 361 g/mol. The van der Waals surface area contributed by atoms with Gasteiger partial charge in [0.15, 0.2) is 0 Å². The van der Waals surface area contributed by atoms with Gasteiger partial charge in [0.05, 0.1) is 12.1 Å². The molecule has 0 bridgehead atoms. The average Bonchev–Trinajstić information content (AvgIpc) is 2.42. The quantitative estimate of drug-likeness (QED) is 0.692. The zero-order valence-electron chi connectivity index (χ0n) is 12.1. The number of carbonyl (C=O) groups is 1. The van der Waals surface area contributed by atoms with Crippen LogP contribution in [0.5, 0.6) is 0 Å². The Balaban J connectivity index is 3.09. The third-order valence-corrected chi connectivity index (χ3v) is 4.45. The van der Waals surface area contributed by atoms with Gasteiger partial charge in [-0.15, -0.1) is 0 Å². The summed E-state index contributed by atoms with van der Waals surface area (Å²) in [5.74, 6) is -0.215. The number of anilines is 1. The topological polar surface area (TPSA) is 38.3 Å². The van der Waals surface area contributed by atoms with Crippen LogP contribution < -0.4 is 5.32 Å². The first-order chi connectivity index (χ1) is 9.49. The summed E-state index contributed by atoms with van der Waals surface area (Å²) in [5, 5.41) is 3.99. The molecular weight excluding hydrogens is 342 g/mol. The van der Waals surface area contributed by atoms with Gasteiger partial charge in [-0.2, -0.15) is 0 Å². The molecule has 0 saturated carbocycles. The van der Waals surface area contributed by atoms with E-state index in [9.17, 15) is 4.79 Å². The molecule has 0 aliphatic carbocycles. The highest BCUT2D eigenvalue weighted by Gasteiger charge is 2.37. The van der Waals surface area contributed by atoms with E-state index in [2.05, 4.69) is 35.1 Å². The standard InChI is InChI=1S/C15H21BrClNO2/c1-4-8-15(9-5-2,14(19)20-3)18-11-6-7-13(17)12(16)10-11/h6-7,10,18H,4-5,8-9H2,1-3H3. The van der Waals surface area contributed by atoms with Gasteiger partial charge in [-0.1, -0.05) is 38.3 Å². The van der Waals surface area contributed by atoms with Crippen molar-refractivity contribution >= 4 is 39.2 Å². The van der Waals surface area contributed by atoms with Crippen molar-refractivity contribution in [1.82, 2.24) is 0 Å². The molecule has 0 heterocycles. The van der Waals surface area contributed by atoms with Gasteiger partial charge in [-0.3, -0.25) is 0 Å². The maximum Gasteiger partial charge on any atom is 0.331 e. The van der Waals surface area contributed by atoms with Gasteiger partial charge >= 0.3 is 5.97 Å². The molecule has 1 aromatic carbocycles. The number of benzene rings is 1. The van der Waals surface area contributed by atoms with Gasteiger partial charge < -0.3 is 10.1 Å². The Kier molecular flexibility index (Phi) is 6.83. The van der Waals surface area contributed by atoms with E-state index in [1.165, 1.54) is 7.11 Å². The van der Waals surface area contributed by atoms with E-state index in [4.69, 9.17) is 16.3 Å². The number of methoxy groups -OCH3 is 1. The lowest BCUT2D eigenvalue weighted by molar-refractivity contribution is -0.146. The van der Waals surface area contributed by atoms with Crippen LogP contribution in [0.25, 0.3) is 0 Å². The number of hydrogen-bond donors (Lipinski definition) is 1. The van der Waals surface area contributed by atoms with Crippen LogP contribution in [0.15, 0.2) is 22.7 Å². The summed E-state index contributed by atoms with van der Waals surface area (Å²) in [6.45, 7) is 4.12. The lowest BCUT2D eigenvalue weighted by atomic mass is 9.88. The minimum Gasteiger partial charge on any atom is -0.467 e. The largest absolute Gasteiger partial charge is 0.467 e. The van der Waals surface area contributed by atoms with Gasteiger partial charge in [0.2, 0.25) is 0 Å². The van der Waals surface area contributed by atoms with Gasteiger partial charge in [-0.25, -0.2) is 4.79 Å². The van der Waals surface area contributed by atoms with Crippen LogP contribution in [-0.2, 0) is 9.53 Å². The second-order valence-corrected chi connectivity index (χ2v) is 6.09. The fourth-order valence-electron chi connectivity index (χ4n) is 2.40. The van der Waals surface area contributed by atoms with E-state index in [0.29, 0.717) is 5.02 Å². The summed E-state index contributed by atoms with van der Waals surface area (Å²) in [6.07, 6.45) is 3.26. The molecule has 1 aromatic rings. The van der Waals surface area contributed by atoms with Crippen LogP contribution >= 0.6 is 27.5 Å². The van der Waals surface area contributed by atoms with Crippen molar-refractivity contribution in [2.24, 2.45) is 0 Å². The maximum atomic E-state index is 12.2. The molecule has 112 valence electrons. The maximum absolute atomic E-state index is 12.2. The lowest BCUT2D eigenvalue weighted by Gasteiger charge is -2.32. The van der Waals surface area contributed by atoms with Crippen LogP contribution in [0.2, 0.25) is 5.02 Å². The average molecular weight is 363 g/mol. The number of hydrogen-bond acceptors (Lipinski definition) is 3. The first-order valence-corrected chi connectivity index (χ1v) is 7.97. The molecule has 0 spiro atoms. The summed E-state index contributed by atoms with van der Waals surface area (Å²) < 4.78 is 5.81. The molecule has 3 nitrogen and oxygen atoms in total. The second kappa shape index (κ2) is 7.89. The minimum absolute atomic E-state index is 0.215. The van der Waals surface area contributed by atoms with Crippen LogP contribution in [0, 0.1) is 0 Å². The molecule has 0 aromatic heterocycles. The predicted octanol–water partition coefficient (Wildman–Crippen LogP) is 5.03. The molecule has 1 rings (SSSR count). The zero-order valence-corrected chi connectivity index (χ0v) is 14.5. The molecule has 0 aliphatic heterocycles. The van der Waals surface area contributed by atoms with Crippen molar-refractivity contribution in [2.75, 3.05) is 12.4 Å². The molecule has 5 heteroatoms. The first-order valence-electron chi connectivity index (χ1n) is 6.80. The van der Waals surface area contributed by atoms with E-state index >= 15 is 0 Å². The summed E-state index contributed by atoms with van der Waals surface area (Å²) in [5.41, 5.74) is 0.180. The van der Waals surface area contributed by atoms with Crippen LogP contribution in [0.4, 0.5) is 5.69 Å². The number of halogens is 2. The molecule has 0 fully saturated rings. The second-order valence-electron chi connectivity index (χ2n) is 4.83. The Morgan fingerprint density at radius 2 is 1.95 bits per heavy atom. The molecule has 0 aliphatic rings. The predicted molar refractivity (Wildman–Crippen MR) is 87.3 cm³/mol. The Hall–Kier alpha value is -0.740. The Bertz CT molecular complexity index is 459. The zero-order chi connectivity index (χ0) is 15.2. The van der Waals surface area contributed by atoms with E-state index in [0.717, 1.165) is 35.8 Å². The molecule has 0 saturated heterocycles. The number of rotatable bonds is 7. The number of nitrogens with one attached hydrogen (secondary N) is 1. The van der Waals surface area contributed by atoms with Gasteiger partial charge in [0.25, 0.3) is 0 Å². The lowest BCUT2D eigenvalue weighted by Crippen LogP contribution is -2.47. The molecule has 0 unspecified atom stereocenters. The SMILES string of the molecule is CCCC(CCC)(Nc1ccc(Cl)c(Br)c1)C(=O)OC. The van der Waals surface area contributed by atoms with Crippen molar-refractivity contribution in [1.29, 1.82) is 0 Å². The van der Waals surface area contributed by atoms with Gasteiger partial charge in [0, 0.05) is 10.2 Å². The van der Waals surface area contributed by atoms with Crippen LogP contribution in [0.1, 0.15) is 39.5 Å². The van der Waals surface area contributed by atoms with E-state index < -0.39 is 5.54 Å². The van der Waals surface area contributed by atoms with Gasteiger partial charge in [0.1, 0.15) is 5.54 Å². The summed E-state index contributed by atoms with van der Waals surface area (Å²) in [7, 11) is 1.43. The van der Waals surface area contributed by atoms with Crippen LogP contribution in [0.3, 0.4) is 0 Å². The van der Waals surface area contributed by atoms with Crippen molar-refractivity contribution < 1.29 is 9.53 Å². The fourth-order valence-corrected chi connectivity index (χ4v) is 2.90. The highest BCUT2D eigenvalue weighted by molar-refractivity contribution is 9.10. The minimum atomic E-state index is -0.675. The third kappa shape index (κ3) is 4.13. The van der Waals surface area contributed by atoms with Crippen molar-refractivity contribution in [3.05, 3.63) is 27.7 Å². The fraction of sp³-hybridized carbons (Fsp3) is 0.533. The van der Waals surface area contributed by atoms with Crippen molar-refractivity contribution in [3.8, 4) is 0 Å². The van der Waals surface area contributed by atoms with Gasteiger partial charge in [-0.05, 0) is 47.0 Å². The normalized spacial score (nSPS) is 11.2. The van der Waals surface area contributed by atoms with Crippen molar-refractivity contribution in [2.45, 2.75) is 45.1 Å². The van der Waals surface area contributed by atoms with E-state index in [1.807, 2.05) is 12.1 Å². The molecule has 0 atom stereocenters. The van der Waals surface area contributed by atoms with Crippen LogP contribution in [-0.4, -0.2) is 18.6 Å². The molecule has 0 radical (unpaired) electrons. The molecule has 20 heavy (non-hydrogen) atoms. The Morgan fingerprint density at radius 1 is 1.35 bits per heavy atom. The smallest absolute Gasteiger partial charge is 0.331 e. The van der Waals surface area contributed by atoms with E-state index in [1.54, 1.807) is 6.07 Å². The third-order valence-electron chi connectivity index (χ3n) is 3.23. The first kappa shape index (κ1) is 17.3. The molecule has 0 amide bonds. The molecule has 1 N–H and O–H groups in total. The highest BCUT2D eigenvalue weighted by atomic mass is 79.9. The number of carbonyl (C=O) groups excluding carboxylic acids is 1. The summed E-state index contributed by atoms with van der Waals surface area (Å²) in [4.78, 5) is 12.2. The Labute approximate surface area is 134 Å². The number of ether oxygens (including phenoxy) is 1. The van der Waals surface area contributed by atoms with Crippen molar-refractivity contribution in [3.63, 3.8) is 0 Å². The number of esters is 1. The summed E-state index contributed by atoms with van der Waals surface area (Å²) >= 11 is 9.40.